The van der Waals surface area contributed by atoms with Crippen LogP contribution in [0.25, 0.3) is 0 Å². The highest BCUT2D eigenvalue weighted by molar-refractivity contribution is 8.00. The molecule has 0 saturated heterocycles. The van der Waals surface area contributed by atoms with Gasteiger partial charge in [0.15, 0.2) is 0 Å². The van der Waals surface area contributed by atoms with Crippen molar-refractivity contribution in [1.82, 2.24) is 4.98 Å². The van der Waals surface area contributed by atoms with E-state index in [-0.39, 0.29) is 0 Å². The molecule has 0 spiro atoms. The molecule has 0 aromatic carbocycles. The third-order valence-electron chi connectivity index (χ3n) is 1.35. The van der Waals surface area contributed by atoms with Gasteiger partial charge in [-0.2, -0.15) is 0 Å². The van der Waals surface area contributed by atoms with Gasteiger partial charge >= 0.3 is 0 Å². The summed E-state index contributed by atoms with van der Waals surface area (Å²) in [4.78, 5) is 4.17. The summed E-state index contributed by atoms with van der Waals surface area (Å²) in [6.45, 7) is 0. The van der Waals surface area contributed by atoms with Crippen molar-refractivity contribution in [3.63, 3.8) is 0 Å². The summed E-state index contributed by atoms with van der Waals surface area (Å²) in [6.07, 6.45) is 5.28. The summed E-state index contributed by atoms with van der Waals surface area (Å²) < 4.78 is 6.06. The van der Waals surface area contributed by atoms with E-state index in [4.69, 9.17) is 4.42 Å². The van der Waals surface area contributed by atoms with E-state index in [1.807, 2.05) is 17.6 Å². The maximum Gasteiger partial charge on any atom is 0.150 e. The van der Waals surface area contributed by atoms with Crippen molar-refractivity contribution in [2.45, 2.75) is 10.1 Å². The fourth-order valence-electron chi connectivity index (χ4n) is 0.801. The molecule has 0 radical (unpaired) electrons. The zero-order chi connectivity index (χ0) is 8.23. The second-order valence-electron chi connectivity index (χ2n) is 2.22. The van der Waals surface area contributed by atoms with Crippen LogP contribution < -0.4 is 0 Å². The molecular weight excluding hydrogens is 190 g/mol. The standard InChI is InChI=1S/C8H7NOS2/c1-3-10-5-7(1)6-12-8-9-2-4-11-8/h1-5H,6H2. The van der Waals surface area contributed by atoms with Crippen LogP contribution in [0.5, 0.6) is 0 Å². The highest BCUT2D eigenvalue weighted by Gasteiger charge is 1.98. The minimum atomic E-state index is 0.935. The Morgan fingerprint density at radius 1 is 1.58 bits per heavy atom. The van der Waals surface area contributed by atoms with E-state index in [1.54, 1.807) is 35.6 Å². The Morgan fingerprint density at radius 2 is 2.58 bits per heavy atom. The normalized spacial score (nSPS) is 10.3. The van der Waals surface area contributed by atoms with Crippen LogP contribution in [0.4, 0.5) is 0 Å². The van der Waals surface area contributed by atoms with Crippen molar-refractivity contribution < 1.29 is 4.42 Å². The summed E-state index contributed by atoms with van der Waals surface area (Å²) in [6, 6.07) is 1.97. The summed E-state index contributed by atoms with van der Waals surface area (Å²) in [5.74, 6) is 0.935. The van der Waals surface area contributed by atoms with E-state index >= 15 is 0 Å². The molecule has 0 bridgehead atoms. The van der Waals surface area contributed by atoms with Gasteiger partial charge < -0.3 is 4.42 Å². The molecule has 0 aliphatic heterocycles. The molecule has 0 atom stereocenters. The molecule has 4 heteroatoms. The van der Waals surface area contributed by atoms with Crippen molar-refractivity contribution in [1.29, 1.82) is 0 Å². The lowest BCUT2D eigenvalue weighted by Crippen LogP contribution is -1.73. The van der Waals surface area contributed by atoms with Crippen LogP contribution >= 0.6 is 23.1 Å². The average Bonchev–Trinajstić information content (AvgIpc) is 2.74. The van der Waals surface area contributed by atoms with Crippen LogP contribution in [0.3, 0.4) is 0 Å². The predicted octanol–water partition coefficient (Wildman–Crippen LogP) is 3.03. The summed E-state index contributed by atoms with van der Waals surface area (Å²) >= 11 is 3.40. The number of thiazole rings is 1. The van der Waals surface area contributed by atoms with Crippen molar-refractivity contribution >= 4 is 23.1 Å². The first-order valence-electron chi connectivity index (χ1n) is 3.48. The highest BCUT2D eigenvalue weighted by Crippen LogP contribution is 2.24. The van der Waals surface area contributed by atoms with E-state index in [9.17, 15) is 0 Å². The Morgan fingerprint density at radius 3 is 3.25 bits per heavy atom. The van der Waals surface area contributed by atoms with Crippen LogP contribution in [0.2, 0.25) is 0 Å². The number of nitrogens with zero attached hydrogens (tertiary/aromatic N) is 1. The zero-order valence-electron chi connectivity index (χ0n) is 6.27. The largest absolute Gasteiger partial charge is 0.472 e. The van der Waals surface area contributed by atoms with E-state index in [2.05, 4.69) is 4.98 Å². The molecule has 62 valence electrons. The SMILES string of the molecule is c1csc(SCc2ccoc2)n1. The van der Waals surface area contributed by atoms with Gasteiger partial charge in [0.05, 0.1) is 12.5 Å². The summed E-state index contributed by atoms with van der Waals surface area (Å²) in [5, 5.41) is 1.98. The van der Waals surface area contributed by atoms with Gasteiger partial charge in [-0.05, 0) is 6.07 Å². The van der Waals surface area contributed by atoms with Crippen molar-refractivity contribution in [3.8, 4) is 0 Å². The van der Waals surface area contributed by atoms with Crippen molar-refractivity contribution in [2.24, 2.45) is 0 Å². The molecule has 2 rings (SSSR count). The molecule has 0 aliphatic rings. The number of thioether (sulfide) groups is 1. The summed E-state index contributed by atoms with van der Waals surface area (Å²) in [7, 11) is 0. The smallest absolute Gasteiger partial charge is 0.150 e. The second-order valence-corrected chi connectivity index (χ2v) is 4.34. The topological polar surface area (TPSA) is 26.0 Å². The van der Waals surface area contributed by atoms with Crippen molar-refractivity contribution in [3.05, 3.63) is 35.7 Å². The lowest BCUT2D eigenvalue weighted by atomic mass is 10.4. The number of rotatable bonds is 3. The lowest BCUT2D eigenvalue weighted by Gasteiger charge is -1.91. The number of hydrogen-bond donors (Lipinski definition) is 0. The number of aromatic nitrogens is 1. The van der Waals surface area contributed by atoms with Gasteiger partial charge in [0.1, 0.15) is 4.34 Å². The predicted molar refractivity (Wildman–Crippen MR) is 50.4 cm³/mol. The highest BCUT2D eigenvalue weighted by atomic mass is 32.2. The molecular formula is C8H7NOS2. The van der Waals surface area contributed by atoms with E-state index < -0.39 is 0 Å². The molecule has 0 N–H and O–H groups in total. The Balaban J connectivity index is 1.91. The first-order valence-corrected chi connectivity index (χ1v) is 5.35. The van der Waals surface area contributed by atoms with Crippen molar-refractivity contribution in [2.75, 3.05) is 0 Å². The van der Waals surface area contributed by atoms with Crippen LogP contribution in [0.15, 0.2) is 38.9 Å². The van der Waals surface area contributed by atoms with E-state index in [0.29, 0.717) is 0 Å². The van der Waals surface area contributed by atoms with Gasteiger partial charge in [0.2, 0.25) is 0 Å². The Bertz CT molecular complexity index is 280. The van der Waals surface area contributed by atoms with E-state index in [0.717, 1.165) is 10.1 Å². The maximum atomic E-state index is 4.95. The lowest BCUT2D eigenvalue weighted by molar-refractivity contribution is 0.565. The van der Waals surface area contributed by atoms with Gasteiger partial charge in [-0.25, -0.2) is 4.98 Å². The van der Waals surface area contributed by atoms with E-state index in [1.165, 1.54) is 5.56 Å². The molecule has 2 aromatic rings. The van der Waals surface area contributed by atoms with Crippen LogP contribution in [-0.4, -0.2) is 4.98 Å². The second kappa shape index (κ2) is 3.78. The fraction of sp³-hybridized carbons (Fsp3) is 0.125. The zero-order valence-corrected chi connectivity index (χ0v) is 7.90. The number of hydrogen-bond acceptors (Lipinski definition) is 4. The minimum absolute atomic E-state index is 0.935. The van der Waals surface area contributed by atoms with Crippen LogP contribution in [0.1, 0.15) is 5.56 Å². The molecule has 0 fully saturated rings. The molecule has 0 aliphatic carbocycles. The molecule has 0 amide bonds. The minimum Gasteiger partial charge on any atom is -0.472 e. The molecule has 2 heterocycles. The molecule has 0 unspecified atom stereocenters. The molecule has 12 heavy (non-hydrogen) atoms. The monoisotopic (exact) mass is 197 g/mol. The van der Waals surface area contributed by atoms with Gasteiger partial charge in [0.25, 0.3) is 0 Å². The first-order chi connectivity index (χ1) is 5.95. The summed E-state index contributed by atoms with van der Waals surface area (Å²) in [5.41, 5.74) is 1.20. The Kier molecular flexibility index (Phi) is 2.48. The maximum absolute atomic E-state index is 4.95. The third kappa shape index (κ3) is 1.89. The molecule has 2 aromatic heterocycles. The first kappa shape index (κ1) is 7.89. The van der Waals surface area contributed by atoms with Gasteiger partial charge in [-0.3, -0.25) is 0 Å². The van der Waals surface area contributed by atoms with Gasteiger partial charge in [-0.15, -0.1) is 11.3 Å². The average molecular weight is 197 g/mol. The third-order valence-corrected chi connectivity index (χ3v) is 3.39. The fourth-order valence-corrected chi connectivity index (χ4v) is 2.37. The van der Waals surface area contributed by atoms with Crippen LogP contribution in [-0.2, 0) is 5.75 Å². The van der Waals surface area contributed by atoms with Gasteiger partial charge in [-0.1, -0.05) is 11.8 Å². The molecule has 2 nitrogen and oxygen atoms in total. The molecule has 0 saturated carbocycles. The van der Waals surface area contributed by atoms with Crippen LogP contribution in [0, 0.1) is 0 Å². The van der Waals surface area contributed by atoms with Gasteiger partial charge in [0, 0.05) is 22.9 Å². The Hall–Kier alpha value is -0.740. The Labute approximate surface area is 78.6 Å². The number of furan rings is 1. The quantitative estimate of drug-likeness (QED) is 0.707.